The minimum atomic E-state index is 0.120. The molecule has 0 atom stereocenters. The zero-order chi connectivity index (χ0) is 11.8. The van der Waals surface area contributed by atoms with Gasteiger partial charge >= 0.3 is 0 Å². The first kappa shape index (κ1) is 11.7. The van der Waals surface area contributed by atoms with Crippen LogP contribution in [-0.2, 0) is 11.2 Å². The van der Waals surface area contributed by atoms with Crippen molar-refractivity contribution in [1.29, 1.82) is 0 Å². The Morgan fingerprint density at radius 2 is 2.00 bits per heavy atom. The first-order valence-electron chi connectivity index (χ1n) is 5.73. The fourth-order valence-electron chi connectivity index (χ4n) is 1.91. The molecule has 1 nitrogen and oxygen atoms in total. The molecule has 0 aliphatic carbocycles. The standard InChI is InChI=1S/C14H18OS/c1-14(2,3)11-5-4-10-9-16-7-6-13(15)12(10)8-11/h4-5,8H,6-7,9H2,1-3H3. The van der Waals surface area contributed by atoms with E-state index in [2.05, 4.69) is 39.0 Å². The van der Waals surface area contributed by atoms with E-state index in [-0.39, 0.29) is 5.41 Å². The van der Waals surface area contributed by atoms with Crippen molar-refractivity contribution in [3.8, 4) is 0 Å². The van der Waals surface area contributed by atoms with Gasteiger partial charge in [-0.2, -0.15) is 11.8 Å². The van der Waals surface area contributed by atoms with Crippen LogP contribution in [0.3, 0.4) is 0 Å². The van der Waals surface area contributed by atoms with Crippen LogP contribution in [0.2, 0.25) is 0 Å². The molecule has 0 saturated carbocycles. The molecule has 86 valence electrons. The van der Waals surface area contributed by atoms with Crippen molar-refractivity contribution in [3.63, 3.8) is 0 Å². The molecule has 0 radical (unpaired) electrons. The lowest BCUT2D eigenvalue weighted by molar-refractivity contribution is 0.0989. The van der Waals surface area contributed by atoms with Gasteiger partial charge in [0.1, 0.15) is 0 Å². The summed E-state index contributed by atoms with van der Waals surface area (Å²) in [4.78, 5) is 12.0. The van der Waals surface area contributed by atoms with Crippen LogP contribution in [0.4, 0.5) is 0 Å². The quantitative estimate of drug-likeness (QED) is 0.679. The fourth-order valence-corrected chi connectivity index (χ4v) is 2.86. The van der Waals surface area contributed by atoms with Crippen molar-refractivity contribution >= 4 is 17.5 Å². The minimum Gasteiger partial charge on any atom is -0.294 e. The van der Waals surface area contributed by atoms with Crippen molar-refractivity contribution in [2.24, 2.45) is 0 Å². The first-order chi connectivity index (χ1) is 7.48. The number of carbonyl (C=O) groups excluding carboxylic acids is 1. The summed E-state index contributed by atoms with van der Waals surface area (Å²) in [5, 5.41) is 0. The third kappa shape index (κ3) is 2.32. The lowest BCUT2D eigenvalue weighted by atomic mass is 9.84. The Bertz CT molecular complexity index is 415. The van der Waals surface area contributed by atoms with Gasteiger partial charge in [0.15, 0.2) is 5.78 Å². The van der Waals surface area contributed by atoms with Gasteiger partial charge in [-0.05, 0) is 22.6 Å². The Labute approximate surface area is 102 Å². The molecule has 1 aliphatic heterocycles. The van der Waals surface area contributed by atoms with Crippen LogP contribution in [0, 0.1) is 0 Å². The Kier molecular flexibility index (Phi) is 3.11. The summed E-state index contributed by atoms with van der Waals surface area (Å²) < 4.78 is 0. The number of hydrogen-bond acceptors (Lipinski definition) is 2. The second-order valence-corrected chi connectivity index (χ2v) is 6.45. The molecule has 2 heteroatoms. The number of rotatable bonds is 0. The third-order valence-electron chi connectivity index (χ3n) is 3.01. The molecule has 0 saturated heterocycles. The molecule has 0 unspecified atom stereocenters. The topological polar surface area (TPSA) is 17.1 Å². The largest absolute Gasteiger partial charge is 0.294 e. The number of hydrogen-bond donors (Lipinski definition) is 0. The van der Waals surface area contributed by atoms with Crippen molar-refractivity contribution in [1.82, 2.24) is 0 Å². The summed E-state index contributed by atoms with van der Waals surface area (Å²) in [6, 6.07) is 6.40. The molecule has 0 N–H and O–H groups in total. The Morgan fingerprint density at radius 1 is 1.25 bits per heavy atom. The van der Waals surface area contributed by atoms with E-state index in [9.17, 15) is 4.79 Å². The normalized spacial score (nSPS) is 16.8. The molecule has 1 aromatic carbocycles. The Balaban J connectivity index is 2.47. The van der Waals surface area contributed by atoms with E-state index in [0.29, 0.717) is 12.2 Å². The maximum absolute atomic E-state index is 12.0. The lowest BCUT2D eigenvalue weighted by Crippen LogP contribution is -2.13. The van der Waals surface area contributed by atoms with Gasteiger partial charge in [-0.1, -0.05) is 32.9 Å². The predicted molar refractivity (Wildman–Crippen MR) is 70.3 cm³/mol. The smallest absolute Gasteiger partial charge is 0.164 e. The Morgan fingerprint density at radius 3 is 2.69 bits per heavy atom. The predicted octanol–water partition coefficient (Wildman–Crippen LogP) is 3.80. The number of ketones is 1. The number of thioether (sulfide) groups is 1. The van der Waals surface area contributed by atoms with Crippen LogP contribution >= 0.6 is 11.8 Å². The van der Waals surface area contributed by atoms with E-state index in [1.54, 1.807) is 0 Å². The molecule has 1 aliphatic rings. The van der Waals surface area contributed by atoms with Gasteiger partial charge in [0.2, 0.25) is 0 Å². The molecule has 0 amide bonds. The molecule has 1 aromatic rings. The average Bonchev–Trinajstić information content (AvgIpc) is 2.39. The zero-order valence-electron chi connectivity index (χ0n) is 10.2. The molecule has 0 fully saturated rings. The van der Waals surface area contributed by atoms with Crippen LogP contribution < -0.4 is 0 Å². The van der Waals surface area contributed by atoms with Crippen LogP contribution in [0.5, 0.6) is 0 Å². The summed E-state index contributed by atoms with van der Waals surface area (Å²) >= 11 is 1.85. The fraction of sp³-hybridized carbons (Fsp3) is 0.500. The summed E-state index contributed by atoms with van der Waals surface area (Å²) in [7, 11) is 0. The minimum absolute atomic E-state index is 0.120. The summed E-state index contributed by atoms with van der Waals surface area (Å²) in [5.41, 5.74) is 3.54. The number of benzene rings is 1. The van der Waals surface area contributed by atoms with Gasteiger partial charge in [0.25, 0.3) is 0 Å². The van der Waals surface area contributed by atoms with Crippen LogP contribution in [0.15, 0.2) is 18.2 Å². The second kappa shape index (κ2) is 4.25. The summed E-state index contributed by atoms with van der Waals surface area (Å²) in [6.45, 7) is 6.56. The van der Waals surface area contributed by atoms with Gasteiger partial charge < -0.3 is 0 Å². The molecular weight excluding hydrogens is 216 g/mol. The van der Waals surface area contributed by atoms with E-state index in [4.69, 9.17) is 0 Å². The van der Waals surface area contributed by atoms with E-state index in [0.717, 1.165) is 17.1 Å². The van der Waals surface area contributed by atoms with Crippen molar-refractivity contribution < 1.29 is 4.79 Å². The lowest BCUT2D eigenvalue weighted by Gasteiger charge is -2.20. The van der Waals surface area contributed by atoms with Gasteiger partial charge in [-0.15, -0.1) is 0 Å². The highest BCUT2D eigenvalue weighted by molar-refractivity contribution is 7.98. The van der Waals surface area contributed by atoms with Gasteiger partial charge in [-0.3, -0.25) is 4.79 Å². The molecule has 16 heavy (non-hydrogen) atoms. The number of carbonyl (C=O) groups is 1. The number of Topliss-reactive ketones (excluding diaryl/α,β-unsaturated/α-hetero) is 1. The second-order valence-electron chi connectivity index (χ2n) is 5.35. The van der Waals surface area contributed by atoms with Crippen LogP contribution in [-0.4, -0.2) is 11.5 Å². The first-order valence-corrected chi connectivity index (χ1v) is 6.88. The summed E-state index contributed by atoms with van der Waals surface area (Å²) in [6.07, 6.45) is 0.686. The van der Waals surface area contributed by atoms with Crippen molar-refractivity contribution in [2.75, 3.05) is 5.75 Å². The van der Waals surface area contributed by atoms with Crippen LogP contribution in [0.25, 0.3) is 0 Å². The highest BCUT2D eigenvalue weighted by Gasteiger charge is 2.20. The Hall–Kier alpha value is -0.760. The van der Waals surface area contributed by atoms with E-state index in [1.165, 1.54) is 11.1 Å². The van der Waals surface area contributed by atoms with E-state index >= 15 is 0 Å². The summed E-state index contributed by atoms with van der Waals surface area (Å²) in [5.74, 6) is 2.25. The van der Waals surface area contributed by atoms with Crippen LogP contribution in [0.1, 0.15) is 48.7 Å². The highest BCUT2D eigenvalue weighted by Crippen LogP contribution is 2.29. The average molecular weight is 234 g/mol. The van der Waals surface area contributed by atoms with Crippen molar-refractivity contribution in [3.05, 3.63) is 34.9 Å². The monoisotopic (exact) mass is 234 g/mol. The van der Waals surface area contributed by atoms with Gasteiger partial charge in [-0.25, -0.2) is 0 Å². The highest BCUT2D eigenvalue weighted by atomic mass is 32.2. The van der Waals surface area contributed by atoms with E-state index < -0.39 is 0 Å². The molecule has 2 rings (SSSR count). The van der Waals surface area contributed by atoms with E-state index in [1.807, 2.05) is 11.8 Å². The SMILES string of the molecule is CC(C)(C)c1ccc2c(c1)C(=O)CCSC2. The zero-order valence-corrected chi connectivity index (χ0v) is 11.0. The number of fused-ring (bicyclic) bond motifs is 1. The molecule has 0 aromatic heterocycles. The van der Waals surface area contributed by atoms with Gasteiger partial charge in [0, 0.05) is 23.5 Å². The van der Waals surface area contributed by atoms with Gasteiger partial charge in [0.05, 0.1) is 0 Å². The maximum atomic E-state index is 12.0. The molecular formula is C14H18OS. The third-order valence-corrected chi connectivity index (χ3v) is 4.02. The maximum Gasteiger partial charge on any atom is 0.164 e. The van der Waals surface area contributed by atoms with Crippen molar-refractivity contribution in [2.45, 2.75) is 38.4 Å². The molecule has 1 heterocycles. The molecule has 0 bridgehead atoms. The molecule has 0 spiro atoms.